The Bertz CT molecular complexity index is 962. The first-order chi connectivity index (χ1) is 12.4. The van der Waals surface area contributed by atoms with Crippen molar-refractivity contribution in [3.63, 3.8) is 0 Å². The second-order valence-corrected chi connectivity index (χ2v) is 8.14. The van der Waals surface area contributed by atoms with Crippen LogP contribution in [0.4, 0.5) is 24.5 Å². The molecule has 0 fully saturated rings. The number of carbonyl (C=O) groups excluding carboxylic acids is 1. The lowest BCUT2D eigenvalue weighted by molar-refractivity contribution is -0.137. The number of alkyl halides is 3. The van der Waals surface area contributed by atoms with Crippen LogP contribution in [0.25, 0.3) is 0 Å². The topological polar surface area (TPSA) is 66.5 Å². The standard InChI is InChI=1S/C17H16ClF3N2O3S/c1-11-6-7-14(9-15(11)18)23(27(2,25)26)10-16(24)22-13-5-3-4-12(8-13)17(19,20)21/h3-9H,10H2,1-2H3,(H,22,24). The molecule has 0 aliphatic carbocycles. The van der Waals surface area contributed by atoms with Crippen LogP contribution in [0, 0.1) is 6.92 Å². The van der Waals surface area contributed by atoms with Crippen LogP contribution < -0.4 is 9.62 Å². The summed E-state index contributed by atoms with van der Waals surface area (Å²) >= 11 is 6.01. The summed E-state index contributed by atoms with van der Waals surface area (Å²) in [5.41, 5.74) is -0.120. The Morgan fingerprint density at radius 3 is 2.41 bits per heavy atom. The van der Waals surface area contributed by atoms with Crippen molar-refractivity contribution in [1.29, 1.82) is 0 Å². The summed E-state index contributed by atoms with van der Waals surface area (Å²) in [6.45, 7) is 1.12. The minimum absolute atomic E-state index is 0.0924. The Morgan fingerprint density at radius 2 is 1.85 bits per heavy atom. The van der Waals surface area contributed by atoms with E-state index in [0.717, 1.165) is 34.3 Å². The molecular formula is C17H16ClF3N2O3S. The van der Waals surface area contributed by atoms with Gasteiger partial charge in [-0.05, 0) is 42.8 Å². The summed E-state index contributed by atoms with van der Waals surface area (Å²) < 4.78 is 63.2. The zero-order chi connectivity index (χ0) is 20.4. The number of nitrogens with zero attached hydrogens (tertiary/aromatic N) is 1. The third-order valence-corrected chi connectivity index (χ3v) is 5.15. The first-order valence-corrected chi connectivity index (χ1v) is 9.81. The number of aryl methyl sites for hydroxylation is 1. The molecular weight excluding hydrogens is 405 g/mol. The van der Waals surface area contributed by atoms with Crippen molar-refractivity contribution in [3.05, 3.63) is 58.6 Å². The van der Waals surface area contributed by atoms with E-state index in [0.29, 0.717) is 5.02 Å². The van der Waals surface area contributed by atoms with Crippen molar-refractivity contribution in [1.82, 2.24) is 0 Å². The molecule has 0 radical (unpaired) electrons. The maximum absolute atomic E-state index is 12.8. The van der Waals surface area contributed by atoms with Gasteiger partial charge in [0.05, 0.1) is 17.5 Å². The number of halogens is 4. The Labute approximate surface area is 159 Å². The molecule has 0 bridgehead atoms. The highest BCUT2D eigenvalue weighted by Crippen LogP contribution is 2.30. The van der Waals surface area contributed by atoms with Crippen molar-refractivity contribution in [2.45, 2.75) is 13.1 Å². The van der Waals surface area contributed by atoms with Crippen LogP contribution in [0.3, 0.4) is 0 Å². The molecule has 5 nitrogen and oxygen atoms in total. The summed E-state index contributed by atoms with van der Waals surface area (Å²) in [5, 5.41) is 2.59. The lowest BCUT2D eigenvalue weighted by Gasteiger charge is -2.22. The first-order valence-electron chi connectivity index (χ1n) is 7.59. The van der Waals surface area contributed by atoms with E-state index < -0.39 is 34.2 Å². The number of amides is 1. The molecule has 0 aliphatic rings. The fraction of sp³-hybridized carbons (Fsp3) is 0.235. The highest BCUT2D eigenvalue weighted by molar-refractivity contribution is 7.92. The van der Waals surface area contributed by atoms with Crippen molar-refractivity contribution >= 4 is 38.9 Å². The molecule has 2 aromatic rings. The van der Waals surface area contributed by atoms with Gasteiger partial charge in [0.15, 0.2) is 0 Å². The van der Waals surface area contributed by atoms with Gasteiger partial charge < -0.3 is 5.32 Å². The van der Waals surface area contributed by atoms with Gasteiger partial charge >= 0.3 is 6.18 Å². The highest BCUT2D eigenvalue weighted by atomic mass is 35.5. The van der Waals surface area contributed by atoms with E-state index in [-0.39, 0.29) is 11.4 Å². The number of benzene rings is 2. The highest BCUT2D eigenvalue weighted by Gasteiger charge is 2.30. The summed E-state index contributed by atoms with van der Waals surface area (Å²) in [6.07, 6.45) is -3.64. The Hall–Kier alpha value is -2.26. The average Bonchev–Trinajstić information content (AvgIpc) is 2.54. The summed E-state index contributed by atoms with van der Waals surface area (Å²) in [6, 6.07) is 8.54. The van der Waals surface area contributed by atoms with Gasteiger partial charge in [-0.25, -0.2) is 8.42 Å². The molecule has 0 aliphatic heterocycles. The first kappa shape index (κ1) is 21.0. The predicted molar refractivity (Wildman–Crippen MR) is 98.5 cm³/mol. The lowest BCUT2D eigenvalue weighted by Crippen LogP contribution is -2.37. The number of hydrogen-bond acceptors (Lipinski definition) is 3. The van der Waals surface area contributed by atoms with Crippen LogP contribution in [0.15, 0.2) is 42.5 Å². The van der Waals surface area contributed by atoms with Crippen LogP contribution in [0.1, 0.15) is 11.1 Å². The average molecular weight is 421 g/mol. The summed E-state index contributed by atoms with van der Waals surface area (Å²) in [4.78, 5) is 12.2. The van der Waals surface area contributed by atoms with E-state index in [2.05, 4.69) is 5.32 Å². The van der Waals surface area contributed by atoms with Crippen LogP contribution in [0.2, 0.25) is 5.02 Å². The van der Waals surface area contributed by atoms with E-state index in [1.807, 2.05) is 0 Å². The number of rotatable bonds is 5. The van der Waals surface area contributed by atoms with Crippen LogP contribution >= 0.6 is 11.6 Å². The smallest absolute Gasteiger partial charge is 0.325 e. The van der Waals surface area contributed by atoms with Gasteiger partial charge in [0.25, 0.3) is 0 Å². The van der Waals surface area contributed by atoms with Gasteiger partial charge in [-0.1, -0.05) is 23.7 Å². The van der Waals surface area contributed by atoms with Crippen LogP contribution in [-0.4, -0.2) is 27.1 Å². The number of carbonyl (C=O) groups is 1. The SMILES string of the molecule is Cc1ccc(N(CC(=O)Nc2cccc(C(F)(F)F)c2)S(C)(=O)=O)cc1Cl. The van der Waals surface area contributed by atoms with Crippen molar-refractivity contribution in [3.8, 4) is 0 Å². The number of hydrogen-bond donors (Lipinski definition) is 1. The number of sulfonamides is 1. The van der Waals surface area contributed by atoms with E-state index in [1.165, 1.54) is 18.2 Å². The molecule has 2 rings (SSSR count). The molecule has 146 valence electrons. The van der Waals surface area contributed by atoms with Crippen molar-refractivity contribution in [2.75, 3.05) is 22.4 Å². The van der Waals surface area contributed by atoms with E-state index in [9.17, 15) is 26.4 Å². The van der Waals surface area contributed by atoms with E-state index in [1.54, 1.807) is 13.0 Å². The molecule has 27 heavy (non-hydrogen) atoms. The zero-order valence-electron chi connectivity index (χ0n) is 14.3. The second-order valence-electron chi connectivity index (χ2n) is 5.83. The third kappa shape index (κ3) is 5.61. The van der Waals surface area contributed by atoms with Gasteiger partial charge in [0.2, 0.25) is 15.9 Å². The molecule has 0 unspecified atom stereocenters. The predicted octanol–water partition coefficient (Wildman–Crippen LogP) is 4.07. The molecule has 0 saturated heterocycles. The lowest BCUT2D eigenvalue weighted by atomic mass is 10.2. The van der Waals surface area contributed by atoms with E-state index >= 15 is 0 Å². The van der Waals surface area contributed by atoms with Crippen LogP contribution in [0.5, 0.6) is 0 Å². The van der Waals surface area contributed by atoms with Gasteiger partial charge in [0, 0.05) is 10.7 Å². The fourth-order valence-electron chi connectivity index (χ4n) is 2.24. The maximum Gasteiger partial charge on any atom is 0.416 e. The maximum atomic E-state index is 12.8. The molecule has 0 heterocycles. The van der Waals surface area contributed by atoms with Gasteiger partial charge in [-0.3, -0.25) is 9.10 Å². The molecule has 0 saturated carbocycles. The second kappa shape index (κ2) is 7.77. The molecule has 2 aromatic carbocycles. The molecule has 1 amide bonds. The van der Waals surface area contributed by atoms with Crippen molar-refractivity contribution < 1.29 is 26.4 Å². The summed E-state index contributed by atoms with van der Waals surface area (Å²) in [5.74, 6) is -0.795. The summed E-state index contributed by atoms with van der Waals surface area (Å²) in [7, 11) is -3.83. The fourth-order valence-corrected chi connectivity index (χ4v) is 3.26. The Morgan fingerprint density at radius 1 is 1.19 bits per heavy atom. The monoisotopic (exact) mass is 420 g/mol. The number of anilines is 2. The molecule has 1 N–H and O–H groups in total. The largest absolute Gasteiger partial charge is 0.416 e. The minimum atomic E-state index is -4.56. The Kier molecular flexibility index (Phi) is 6.06. The van der Waals surface area contributed by atoms with Gasteiger partial charge in [-0.15, -0.1) is 0 Å². The van der Waals surface area contributed by atoms with Crippen molar-refractivity contribution in [2.24, 2.45) is 0 Å². The molecule has 0 atom stereocenters. The zero-order valence-corrected chi connectivity index (χ0v) is 15.9. The van der Waals surface area contributed by atoms with Gasteiger partial charge in [-0.2, -0.15) is 13.2 Å². The molecule has 0 spiro atoms. The normalized spacial score (nSPS) is 11.9. The van der Waals surface area contributed by atoms with Gasteiger partial charge in [0.1, 0.15) is 6.54 Å². The van der Waals surface area contributed by atoms with E-state index in [4.69, 9.17) is 11.6 Å². The molecule has 10 heteroatoms. The third-order valence-electron chi connectivity index (χ3n) is 3.60. The minimum Gasteiger partial charge on any atom is -0.325 e. The number of nitrogens with one attached hydrogen (secondary N) is 1. The molecule has 0 aromatic heterocycles. The Balaban J connectivity index is 2.23. The quantitative estimate of drug-likeness (QED) is 0.792. The van der Waals surface area contributed by atoms with Crippen LogP contribution in [-0.2, 0) is 21.0 Å².